The van der Waals surface area contributed by atoms with Crippen LogP contribution < -0.4 is 5.32 Å². The van der Waals surface area contributed by atoms with E-state index in [0.717, 1.165) is 18.9 Å². The number of amides is 2. The maximum Gasteiger partial charge on any atom is 0.405 e. The number of halogens is 2. The van der Waals surface area contributed by atoms with Crippen LogP contribution in [0.1, 0.15) is 28.9 Å². The van der Waals surface area contributed by atoms with Crippen LogP contribution in [0.3, 0.4) is 0 Å². The smallest absolute Gasteiger partial charge is 0.405 e. The lowest BCUT2D eigenvalue weighted by Gasteiger charge is -2.30. The number of aromatic nitrogens is 4. The first-order valence-corrected chi connectivity index (χ1v) is 12.5. The van der Waals surface area contributed by atoms with Gasteiger partial charge < -0.3 is 29.6 Å². The summed E-state index contributed by atoms with van der Waals surface area (Å²) in [6.07, 6.45) is 1.25. The van der Waals surface area contributed by atoms with Crippen LogP contribution in [-0.4, -0.2) is 72.0 Å². The van der Waals surface area contributed by atoms with Crippen LogP contribution in [0.25, 0.3) is 33.6 Å². The van der Waals surface area contributed by atoms with Gasteiger partial charge in [-0.15, -0.1) is 0 Å². The summed E-state index contributed by atoms with van der Waals surface area (Å²) in [7, 11) is 1.82. The molecule has 12 heteroatoms. The lowest BCUT2D eigenvalue weighted by atomic mass is 10.0. The van der Waals surface area contributed by atoms with Gasteiger partial charge in [-0.25, -0.2) is 23.5 Å². The Morgan fingerprint density at radius 3 is 2.74 bits per heavy atom. The normalized spacial score (nSPS) is 16.3. The number of carboxylic acid groups (broad SMARTS) is 1. The third-order valence-corrected chi connectivity index (χ3v) is 7.32. The van der Waals surface area contributed by atoms with E-state index in [-0.39, 0.29) is 24.7 Å². The molecule has 1 aromatic carbocycles. The van der Waals surface area contributed by atoms with Gasteiger partial charge in [0.05, 0.1) is 28.5 Å². The second kappa shape index (κ2) is 8.96. The third-order valence-electron chi connectivity index (χ3n) is 7.32. The number of hydrogen-bond donors (Lipinski definition) is 3. The van der Waals surface area contributed by atoms with Gasteiger partial charge in [-0.3, -0.25) is 4.79 Å². The molecule has 6 rings (SSSR count). The number of pyridine rings is 1. The van der Waals surface area contributed by atoms with Crippen LogP contribution in [0, 0.1) is 11.7 Å². The number of nitrogens with one attached hydrogen (secondary N) is 1. The highest BCUT2D eigenvalue weighted by Crippen LogP contribution is 2.39. The molecule has 1 fully saturated rings. The molecule has 1 aliphatic heterocycles. The first-order valence-electron chi connectivity index (χ1n) is 12.5. The molecule has 1 atom stereocenters. The Hall–Kier alpha value is -4.22. The fraction of sp³-hybridized carbons (Fsp3) is 0.385. The molecular weight excluding hydrogens is 498 g/mol. The summed E-state index contributed by atoms with van der Waals surface area (Å²) in [4.78, 5) is 35.1. The molecule has 10 nitrogen and oxygen atoms in total. The van der Waals surface area contributed by atoms with E-state index in [0.29, 0.717) is 63.7 Å². The summed E-state index contributed by atoms with van der Waals surface area (Å²) in [6.45, 7) is -0.0714. The Morgan fingerprint density at radius 2 is 2.03 bits per heavy atom. The first-order chi connectivity index (χ1) is 18.2. The first kappa shape index (κ1) is 24.1. The van der Waals surface area contributed by atoms with Crippen molar-refractivity contribution in [2.75, 3.05) is 19.8 Å². The minimum absolute atomic E-state index is 0.0894. The van der Waals surface area contributed by atoms with Crippen molar-refractivity contribution in [3.8, 4) is 17.3 Å². The van der Waals surface area contributed by atoms with Gasteiger partial charge in [0, 0.05) is 44.6 Å². The molecule has 1 aliphatic carbocycles. The molecule has 1 unspecified atom stereocenters. The molecule has 1 saturated carbocycles. The molecular formula is C26H26F2N6O4. The third kappa shape index (κ3) is 4.09. The second-order valence-electron chi connectivity index (χ2n) is 10.1. The standard InChI is InChI=1S/C26H26F2N6O4/c1-32-23-19(9-17-18(30-23)4-5-33(25(17)36)12-16(10-27)29-26(37)38)31-24(32)20-7-14-6-15(28)8-21(35)22(14)34(20)11-13-2-3-13/h6-9,13,16,29,35H,2-5,10-12H2,1H3,(H,37,38). The lowest BCUT2D eigenvalue weighted by Crippen LogP contribution is -2.48. The van der Waals surface area contributed by atoms with Crippen molar-refractivity contribution >= 4 is 34.1 Å². The monoisotopic (exact) mass is 524 g/mol. The van der Waals surface area contributed by atoms with E-state index in [1.807, 2.05) is 16.2 Å². The maximum atomic E-state index is 14.1. The average Bonchev–Trinajstić information content (AvgIpc) is 3.54. The summed E-state index contributed by atoms with van der Waals surface area (Å²) < 4.78 is 31.2. The molecule has 2 aliphatic rings. The number of imidazole rings is 1. The molecule has 0 bridgehead atoms. The molecule has 4 heterocycles. The van der Waals surface area contributed by atoms with Crippen molar-refractivity contribution in [1.82, 2.24) is 29.3 Å². The van der Waals surface area contributed by atoms with Crippen molar-refractivity contribution in [2.45, 2.75) is 31.8 Å². The number of fused-ring (bicyclic) bond motifs is 3. The maximum absolute atomic E-state index is 14.1. The van der Waals surface area contributed by atoms with Crippen LogP contribution in [0.4, 0.5) is 13.6 Å². The zero-order valence-electron chi connectivity index (χ0n) is 20.6. The summed E-state index contributed by atoms with van der Waals surface area (Å²) in [5.41, 5.74) is 3.27. The van der Waals surface area contributed by atoms with Gasteiger partial charge in [-0.05, 0) is 37.0 Å². The fourth-order valence-electron chi connectivity index (χ4n) is 5.30. The number of rotatable bonds is 7. The number of hydrogen-bond acceptors (Lipinski definition) is 5. The van der Waals surface area contributed by atoms with Crippen LogP contribution in [0.2, 0.25) is 0 Å². The molecule has 198 valence electrons. The molecule has 0 spiro atoms. The summed E-state index contributed by atoms with van der Waals surface area (Å²) in [6, 6.07) is 4.94. The fourth-order valence-corrected chi connectivity index (χ4v) is 5.30. The van der Waals surface area contributed by atoms with E-state index in [1.165, 1.54) is 11.0 Å². The van der Waals surface area contributed by atoms with Gasteiger partial charge >= 0.3 is 6.09 Å². The number of carbonyl (C=O) groups excluding carboxylic acids is 1. The van der Waals surface area contributed by atoms with E-state index in [1.54, 1.807) is 12.1 Å². The number of carbonyl (C=O) groups is 2. The van der Waals surface area contributed by atoms with E-state index in [2.05, 4.69) is 5.32 Å². The Labute approximate surface area is 215 Å². The number of phenolic OH excluding ortho intramolecular Hbond substituents is 1. The minimum atomic E-state index is -1.35. The number of phenols is 1. The highest BCUT2D eigenvalue weighted by Gasteiger charge is 2.31. The van der Waals surface area contributed by atoms with E-state index in [9.17, 15) is 23.5 Å². The molecule has 3 aromatic heterocycles. The predicted molar refractivity (Wildman–Crippen MR) is 134 cm³/mol. The van der Waals surface area contributed by atoms with Crippen molar-refractivity contribution < 1.29 is 28.6 Å². The predicted octanol–water partition coefficient (Wildman–Crippen LogP) is 3.45. The van der Waals surface area contributed by atoms with E-state index >= 15 is 0 Å². The van der Waals surface area contributed by atoms with Crippen LogP contribution in [0.15, 0.2) is 24.3 Å². The largest absolute Gasteiger partial charge is 0.506 e. The number of alkyl halides is 1. The summed E-state index contributed by atoms with van der Waals surface area (Å²) >= 11 is 0. The summed E-state index contributed by atoms with van der Waals surface area (Å²) in [5.74, 6) is 0.0250. The van der Waals surface area contributed by atoms with Crippen molar-refractivity contribution in [2.24, 2.45) is 13.0 Å². The van der Waals surface area contributed by atoms with Crippen LogP contribution >= 0.6 is 0 Å². The molecule has 4 aromatic rings. The molecule has 3 N–H and O–H groups in total. The topological polar surface area (TPSA) is 126 Å². The van der Waals surface area contributed by atoms with Gasteiger partial charge in [0.15, 0.2) is 11.5 Å². The van der Waals surface area contributed by atoms with Gasteiger partial charge in [-0.1, -0.05) is 0 Å². The Bertz CT molecular complexity index is 1610. The Morgan fingerprint density at radius 1 is 1.24 bits per heavy atom. The lowest BCUT2D eigenvalue weighted by molar-refractivity contribution is 0.0712. The molecule has 0 saturated heterocycles. The number of aromatic hydroxyl groups is 1. The zero-order chi connectivity index (χ0) is 26.7. The van der Waals surface area contributed by atoms with Crippen LogP contribution in [-0.2, 0) is 20.0 Å². The molecule has 2 amide bonds. The van der Waals surface area contributed by atoms with E-state index < -0.39 is 24.6 Å². The summed E-state index contributed by atoms with van der Waals surface area (Å²) in [5, 5.41) is 22.1. The second-order valence-corrected chi connectivity index (χ2v) is 10.1. The highest BCUT2D eigenvalue weighted by molar-refractivity contribution is 5.99. The zero-order valence-corrected chi connectivity index (χ0v) is 20.6. The number of aryl methyl sites for hydroxylation is 1. The van der Waals surface area contributed by atoms with Crippen molar-refractivity contribution in [3.63, 3.8) is 0 Å². The van der Waals surface area contributed by atoms with Crippen molar-refractivity contribution in [3.05, 3.63) is 41.3 Å². The SMILES string of the molecule is Cn1c(-c2cc3cc(F)cc(O)c3n2CC2CC2)nc2cc3c(nc21)CCN(CC(CF)NC(=O)O)C3=O. The minimum Gasteiger partial charge on any atom is -0.506 e. The van der Waals surface area contributed by atoms with Crippen molar-refractivity contribution in [1.29, 1.82) is 0 Å². The quantitative estimate of drug-likeness (QED) is 0.340. The van der Waals surface area contributed by atoms with Gasteiger partial charge in [-0.2, -0.15) is 0 Å². The van der Waals surface area contributed by atoms with Gasteiger partial charge in [0.2, 0.25) is 0 Å². The number of benzene rings is 1. The highest BCUT2D eigenvalue weighted by atomic mass is 19.1. The average molecular weight is 525 g/mol. The number of nitrogens with zero attached hydrogens (tertiary/aromatic N) is 5. The van der Waals surface area contributed by atoms with Gasteiger partial charge in [0.25, 0.3) is 5.91 Å². The van der Waals surface area contributed by atoms with E-state index in [4.69, 9.17) is 15.1 Å². The van der Waals surface area contributed by atoms with Crippen LogP contribution in [0.5, 0.6) is 5.75 Å². The Balaban J connectivity index is 1.41. The Kier molecular flexibility index (Phi) is 5.69. The molecule has 38 heavy (non-hydrogen) atoms. The molecule has 0 radical (unpaired) electrons. The van der Waals surface area contributed by atoms with Gasteiger partial charge in [0.1, 0.15) is 23.8 Å².